The lowest BCUT2D eigenvalue weighted by molar-refractivity contribution is 0.112. The van der Waals surface area contributed by atoms with Crippen LogP contribution in [-0.2, 0) is 0 Å². The number of carbonyl (C=O) groups excluding carboxylic acids is 1. The molecule has 68 valence electrons. The molecule has 1 aromatic carbocycles. The van der Waals surface area contributed by atoms with E-state index in [9.17, 15) is 13.6 Å². The maximum absolute atomic E-state index is 12.5. The molecule has 0 saturated heterocycles. The van der Waals surface area contributed by atoms with Crippen LogP contribution in [0.3, 0.4) is 0 Å². The molecule has 0 aliphatic heterocycles. The van der Waals surface area contributed by atoms with Crippen molar-refractivity contribution in [3.63, 3.8) is 0 Å². The van der Waals surface area contributed by atoms with Crippen LogP contribution in [-0.4, -0.2) is 23.5 Å². The normalized spacial score (nSPS) is 9.85. The molecular weight excluding hydrogens is 181 g/mol. The zero-order valence-corrected chi connectivity index (χ0v) is 6.37. The van der Waals surface area contributed by atoms with Crippen LogP contribution in [0, 0.1) is 11.6 Å². The van der Waals surface area contributed by atoms with Gasteiger partial charge in [0.25, 0.3) is 0 Å². The molecule has 0 amide bonds. The summed E-state index contributed by atoms with van der Waals surface area (Å²) in [7, 11) is -1.99. The Morgan fingerprint density at radius 2 is 1.77 bits per heavy atom. The highest BCUT2D eigenvalue weighted by molar-refractivity contribution is 6.60. The monoisotopic (exact) mass is 186 g/mol. The molecule has 1 aromatic rings. The quantitative estimate of drug-likeness (QED) is 0.481. The van der Waals surface area contributed by atoms with E-state index < -0.39 is 18.8 Å². The smallest absolute Gasteiger partial charge is 0.423 e. The van der Waals surface area contributed by atoms with E-state index in [2.05, 4.69) is 0 Å². The van der Waals surface area contributed by atoms with Gasteiger partial charge in [-0.1, -0.05) is 0 Å². The minimum Gasteiger partial charge on any atom is -0.423 e. The molecule has 1 rings (SSSR count). The zero-order chi connectivity index (χ0) is 10.0. The first-order valence-corrected chi connectivity index (χ1v) is 3.36. The zero-order valence-electron chi connectivity index (χ0n) is 6.37. The first kappa shape index (κ1) is 9.82. The van der Waals surface area contributed by atoms with Gasteiger partial charge in [0.2, 0.25) is 0 Å². The van der Waals surface area contributed by atoms with Crippen molar-refractivity contribution in [1.29, 1.82) is 0 Å². The van der Waals surface area contributed by atoms with Crippen LogP contribution in [0.1, 0.15) is 10.4 Å². The maximum atomic E-state index is 12.5. The van der Waals surface area contributed by atoms with Gasteiger partial charge in [-0.15, -0.1) is 0 Å². The second kappa shape index (κ2) is 3.63. The Morgan fingerprint density at radius 3 is 2.23 bits per heavy atom. The van der Waals surface area contributed by atoms with Gasteiger partial charge in [-0.25, -0.2) is 8.78 Å². The van der Waals surface area contributed by atoms with E-state index in [1.54, 1.807) is 0 Å². The average molecular weight is 186 g/mol. The molecule has 0 aliphatic rings. The Labute approximate surface area is 72.8 Å². The molecule has 0 spiro atoms. The van der Waals surface area contributed by atoms with Gasteiger partial charge in [-0.2, -0.15) is 0 Å². The Morgan fingerprint density at radius 1 is 1.23 bits per heavy atom. The molecule has 2 N–H and O–H groups in total. The molecule has 0 unspecified atom stereocenters. The van der Waals surface area contributed by atoms with E-state index in [0.717, 1.165) is 0 Å². The standard InChI is InChI=1S/C7H5BF2O3/c9-6-1-4(3-11)5(8(12)13)2-7(6)10/h1-3,12-13H. The average Bonchev–Trinajstić information content (AvgIpc) is 2.08. The van der Waals surface area contributed by atoms with E-state index in [0.29, 0.717) is 12.1 Å². The van der Waals surface area contributed by atoms with Gasteiger partial charge in [0.05, 0.1) is 0 Å². The van der Waals surface area contributed by atoms with Crippen molar-refractivity contribution >= 4 is 18.9 Å². The Balaban J connectivity index is 3.32. The summed E-state index contributed by atoms with van der Waals surface area (Å²) in [6, 6.07) is 1.18. The number of benzene rings is 1. The highest BCUT2D eigenvalue weighted by Gasteiger charge is 2.18. The molecule has 0 aromatic heterocycles. The highest BCUT2D eigenvalue weighted by atomic mass is 19.2. The van der Waals surface area contributed by atoms with Crippen LogP contribution in [0.2, 0.25) is 0 Å². The summed E-state index contributed by atoms with van der Waals surface area (Å²) in [6.07, 6.45) is 0.220. The SMILES string of the molecule is O=Cc1cc(F)c(F)cc1B(O)O. The topological polar surface area (TPSA) is 57.5 Å². The molecule has 0 radical (unpaired) electrons. The van der Waals surface area contributed by atoms with Crippen LogP contribution >= 0.6 is 0 Å². The molecule has 0 atom stereocenters. The number of carbonyl (C=O) groups is 1. The Kier molecular flexibility index (Phi) is 2.74. The van der Waals surface area contributed by atoms with Crippen molar-refractivity contribution in [2.45, 2.75) is 0 Å². The second-order valence-corrected chi connectivity index (χ2v) is 2.39. The summed E-state index contributed by atoms with van der Waals surface area (Å²) >= 11 is 0. The third kappa shape index (κ3) is 1.91. The molecule has 0 aliphatic carbocycles. The van der Waals surface area contributed by atoms with Gasteiger partial charge in [0.15, 0.2) is 11.6 Å². The van der Waals surface area contributed by atoms with Crippen LogP contribution in [0.15, 0.2) is 12.1 Å². The Bertz CT molecular complexity index is 341. The molecular formula is C7H5BF2O3. The summed E-state index contributed by atoms with van der Waals surface area (Å²) < 4.78 is 25.1. The fraction of sp³-hybridized carbons (Fsp3) is 0. The van der Waals surface area contributed by atoms with Gasteiger partial charge in [-0.3, -0.25) is 4.79 Å². The van der Waals surface area contributed by atoms with Gasteiger partial charge < -0.3 is 10.0 Å². The largest absolute Gasteiger partial charge is 0.489 e. The third-order valence-electron chi connectivity index (χ3n) is 1.53. The number of hydrogen-bond donors (Lipinski definition) is 2. The van der Waals surface area contributed by atoms with Gasteiger partial charge in [-0.05, 0) is 17.6 Å². The first-order valence-electron chi connectivity index (χ1n) is 3.36. The molecule has 0 bridgehead atoms. The van der Waals surface area contributed by atoms with Crippen LogP contribution < -0.4 is 5.46 Å². The minimum absolute atomic E-state index is 0.220. The second-order valence-electron chi connectivity index (χ2n) is 2.39. The molecule has 3 nitrogen and oxygen atoms in total. The summed E-state index contributed by atoms with van der Waals surface area (Å²) in [5.74, 6) is -2.43. The molecule has 0 heterocycles. The number of aldehydes is 1. The van der Waals surface area contributed by atoms with E-state index in [1.165, 1.54) is 0 Å². The van der Waals surface area contributed by atoms with E-state index in [1.807, 2.05) is 0 Å². The fourth-order valence-corrected chi connectivity index (χ4v) is 0.903. The lowest BCUT2D eigenvalue weighted by atomic mass is 9.77. The molecule has 0 saturated carbocycles. The number of hydrogen-bond acceptors (Lipinski definition) is 3. The summed E-state index contributed by atoms with van der Waals surface area (Å²) in [6.45, 7) is 0. The van der Waals surface area contributed by atoms with Crippen molar-refractivity contribution in [3.8, 4) is 0 Å². The van der Waals surface area contributed by atoms with Crippen molar-refractivity contribution in [1.82, 2.24) is 0 Å². The van der Waals surface area contributed by atoms with E-state index >= 15 is 0 Å². The Hall–Kier alpha value is -1.27. The van der Waals surface area contributed by atoms with Crippen molar-refractivity contribution in [2.75, 3.05) is 0 Å². The number of rotatable bonds is 2. The maximum Gasteiger partial charge on any atom is 0.489 e. The van der Waals surface area contributed by atoms with Crippen LogP contribution in [0.5, 0.6) is 0 Å². The van der Waals surface area contributed by atoms with Crippen LogP contribution in [0.25, 0.3) is 0 Å². The lowest BCUT2D eigenvalue weighted by Crippen LogP contribution is -2.33. The van der Waals surface area contributed by atoms with Gasteiger partial charge in [0.1, 0.15) is 6.29 Å². The lowest BCUT2D eigenvalue weighted by Gasteiger charge is -2.03. The summed E-state index contributed by atoms with van der Waals surface area (Å²) in [5, 5.41) is 17.3. The van der Waals surface area contributed by atoms with E-state index in [-0.39, 0.29) is 17.3 Å². The molecule has 0 fully saturated rings. The molecule has 6 heteroatoms. The van der Waals surface area contributed by atoms with Gasteiger partial charge in [0, 0.05) is 5.56 Å². The van der Waals surface area contributed by atoms with Gasteiger partial charge >= 0.3 is 7.12 Å². The first-order chi connectivity index (χ1) is 6.06. The number of halogens is 2. The summed E-state index contributed by atoms with van der Waals surface area (Å²) in [4.78, 5) is 10.3. The fourth-order valence-electron chi connectivity index (χ4n) is 0.903. The van der Waals surface area contributed by atoms with E-state index in [4.69, 9.17) is 10.0 Å². The minimum atomic E-state index is -1.99. The predicted molar refractivity (Wildman–Crippen MR) is 41.6 cm³/mol. The molecule has 13 heavy (non-hydrogen) atoms. The van der Waals surface area contributed by atoms with Crippen molar-refractivity contribution < 1.29 is 23.6 Å². The summed E-state index contributed by atoms with van der Waals surface area (Å²) in [5.41, 5.74) is -0.636. The third-order valence-corrected chi connectivity index (χ3v) is 1.53. The highest BCUT2D eigenvalue weighted by Crippen LogP contribution is 2.05. The van der Waals surface area contributed by atoms with Crippen LogP contribution in [0.4, 0.5) is 8.78 Å². The van der Waals surface area contributed by atoms with Crippen molar-refractivity contribution in [2.24, 2.45) is 0 Å². The predicted octanol–water partition coefficient (Wildman–Crippen LogP) is -0.543. The van der Waals surface area contributed by atoms with Crippen molar-refractivity contribution in [3.05, 3.63) is 29.3 Å².